The Morgan fingerprint density at radius 1 is 1.07 bits per heavy atom. The topological polar surface area (TPSA) is 49.3 Å². The van der Waals surface area contributed by atoms with Crippen molar-refractivity contribution in [2.75, 3.05) is 31.1 Å². The molecule has 0 atom stereocenters. The maximum atomic E-state index is 11.8. The number of aromatic nitrogens is 2. The van der Waals surface area contributed by atoms with Gasteiger partial charge in [0, 0.05) is 42.2 Å². The molecule has 1 aromatic heterocycles. The molecule has 0 unspecified atom stereocenters. The van der Waals surface area contributed by atoms with Crippen molar-refractivity contribution in [3.05, 3.63) is 66.5 Å². The van der Waals surface area contributed by atoms with Gasteiger partial charge in [-0.05, 0) is 23.8 Å². The van der Waals surface area contributed by atoms with Crippen LogP contribution in [-0.2, 0) is 4.79 Å². The lowest BCUT2D eigenvalue weighted by molar-refractivity contribution is -0.126. The molecule has 3 aromatic rings. The molecule has 1 fully saturated rings. The second kappa shape index (κ2) is 7.37. The van der Waals surface area contributed by atoms with E-state index in [1.165, 1.54) is 6.08 Å². The standard InChI is InChI=1S/C21H19ClN4O/c1-2-20(27)25-8-10-26(11-9-25)21-17-12-18(22)16(13-19(17)23-14-24-21)15-6-4-3-5-7-15/h2-7,12-14H,1,8-11H2. The lowest BCUT2D eigenvalue weighted by Gasteiger charge is -2.35. The van der Waals surface area contributed by atoms with Gasteiger partial charge in [0.2, 0.25) is 5.91 Å². The summed E-state index contributed by atoms with van der Waals surface area (Å²) in [6, 6.07) is 14.0. The molecule has 0 N–H and O–H groups in total. The van der Waals surface area contributed by atoms with Crippen molar-refractivity contribution in [1.82, 2.24) is 14.9 Å². The molecular formula is C21H19ClN4O. The van der Waals surface area contributed by atoms with Gasteiger partial charge in [-0.3, -0.25) is 4.79 Å². The van der Waals surface area contributed by atoms with Gasteiger partial charge in [-0.2, -0.15) is 0 Å². The quantitative estimate of drug-likeness (QED) is 0.651. The van der Waals surface area contributed by atoms with Crippen LogP contribution in [0.1, 0.15) is 0 Å². The number of fused-ring (bicyclic) bond motifs is 1. The van der Waals surface area contributed by atoms with Crippen LogP contribution in [0.5, 0.6) is 0 Å². The number of nitrogens with zero attached hydrogens (tertiary/aromatic N) is 4. The Morgan fingerprint density at radius 3 is 2.52 bits per heavy atom. The minimum atomic E-state index is -0.0299. The van der Waals surface area contributed by atoms with E-state index in [-0.39, 0.29) is 5.91 Å². The number of hydrogen-bond donors (Lipinski definition) is 0. The number of carbonyl (C=O) groups is 1. The molecule has 0 radical (unpaired) electrons. The highest BCUT2D eigenvalue weighted by Crippen LogP contribution is 2.34. The third kappa shape index (κ3) is 3.38. The Balaban J connectivity index is 1.68. The molecule has 2 heterocycles. The molecule has 1 saturated heterocycles. The van der Waals surface area contributed by atoms with E-state index in [0.717, 1.165) is 27.8 Å². The first-order valence-electron chi connectivity index (χ1n) is 8.83. The summed E-state index contributed by atoms with van der Waals surface area (Å²) >= 11 is 6.59. The third-order valence-corrected chi connectivity index (χ3v) is 5.17. The summed E-state index contributed by atoms with van der Waals surface area (Å²) in [6.45, 7) is 6.27. The number of hydrogen-bond acceptors (Lipinski definition) is 4. The zero-order valence-corrected chi connectivity index (χ0v) is 15.6. The number of carbonyl (C=O) groups excluding carboxylic acids is 1. The largest absolute Gasteiger partial charge is 0.352 e. The van der Waals surface area contributed by atoms with Gasteiger partial charge >= 0.3 is 0 Å². The molecule has 1 aliphatic heterocycles. The Bertz CT molecular complexity index is 998. The minimum Gasteiger partial charge on any atom is -0.352 e. The normalized spacial score (nSPS) is 14.4. The van der Waals surface area contributed by atoms with Gasteiger partial charge in [-0.1, -0.05) is 48.5 Å². The summed E-state index contributed by atoms with van der Waals surface area (Å²) in [7, 11) is 0. The van der Waals surface area contributed by atoms with E-state index in [9.17, 15) is 4.79 Å². The van der Waals surface area contributed by atoms with Gasteiger partial charge in [0.25, 0.3) is 0 Å². The molecule has 1 amide bonds. The van der Waals surface area contributed by atoms with Crippen molar-refractivity contribution < 1.29 is 4.79 Å². The van der Waals surface area contributed by atoms with Gasteiger partial charge in [-0.15, -0.1) is 0 Å². The van der Waals surface area contributed by atoms with Crippen molar-refractivity contribution in [3.8, 4) is 11.1 Å². The van der Waals surface area contributed by atoms with Gasteiger partial charge in [-0.25, -0.2) is 9.97 Å². The molecule has 6 heteroatoms. The van der Waals surface area contributed by atoms with E-state index >= 15 is 0 Å². The molecule has 0 bridgehead atoms. The zero-order valence-electron chi connectivity index (χ0n) is 14.8. The summed E-state index contributed by atoms with van der Waals surface area (Å²) in [6.07, 6.45) is 2.95. The Labute approximate surface area is 162 Å². The molecular weight excluding hydrogens is 360 g/mol. The van der Waals surface area contributed by atoms with Crippen LogP contribution in [0.3, 0.4) is 0 Å². The summed E-state index contributed by atoms with van der Waals surface area (Å²) < 4.78 is 0. The van der Waals surface area contributed by atoms with E-state index in [2.05, 4.69) is 21.4 Å². The number of amides is 1. The monoisotopic (exact) mass is 378 g/mol. The van der Waals surface area contributed by atoms with Crippen LogP contribution < -0.4 is 4.90 Å². The number of benzene rings is 2. The van der Waals surface area contributed by atoms with E-state index < -0.39 is 0 Å². The molecule has 1 aliphatic rings. The van der Waals surface area contributed by atoms with Crippen molar-refractivity contribution in [1.29, 1.82) is 0 Å². The van der Waals surface area contributed by atoms with Crippen LogP contribution in [0.15, 0.2) is 61.4 Å². The number of halogens is 1. The summed E-state index contributed by atoms with van der Waals surface area (Å²) in [5, 5.41) is 1.59. The molecule has 0 spiro atoms. The fourth-order valence-corrected chi connectivity index (χ4v) is 3.69. The highest BCUT2D eigenvalue weighted by molar-refractivity contribution is 6.34. The van der Waals surface area contributed by atoms with Crippen LogP contribution in [0.4, 0.5) is 5.82 Å². The van der Waals surface area contributed by atoms with Gasteiger partial charge in [0.1, 0.15) is 12.1 Å². The Hall–Kier alpha value is -2.92. The van der Waals surface area contributed by atoms with Crippen LogP contribution >= 0.6 is 11.6 Å². The maximum absolute atomic E-state index is 11.8. The fourth-order valence-electron chi connectivity index (χ4n) is 3.42. The fraction of sp³-hybridized carbons (Fsp3) is 0.190. The second-order valence-electron chi connectivity index (χ2n) is 6.43. The predicted octanol–water partition coefficient (Wildman–Crippen LogP) is 3.78. The summed E-state index contributed by atoms with van der Waals surface area (Å²) in [5.41, 5.74) is 2.87. The van der Waals surface area contributed by atoms with Crippen LogP contribution in [-0.4, -0.2) is 47.0 Å². The van der Waals surface area contributed by atoms with Crippen molar-refractivity contribution in [2.45, 2.75) is 0 Å². The van der Waals surface area contributed by atoms with E-state index in [0.29, 0.717) is 31.2 Å². The second-order valence-corrected chi connectivity index (χ2v) is 6.84. The molecule has 0 saturated carbocycles. The lowest BCUT2D eigenvalue weighted by Crippen LogP contribution is -2.48. The SMILES string of the molecule is C=CC(=O)N1CCN(c2ncnc3cc(-c4ccccc4)c(Cl)cc23)CC1. The average Bonchev–Trinajstić information content (AvgIpc) is 2.73. The van der Waals surface area contributed by atoms with Crippen molar-refractivity contribution >= 4 is 34.2 Å². The molecule has 5 nitrogen and oxygen atoms in total. The highest BCUT2D eigenvalue weighted by Gasteiger charge is 2.22. The smallest absolute Gasteiger partial charge is 0.246 e. The summed E-state index contributed by atoms with van der Waals surface area (Å²) in [5.74, 6) is 0.824. The first-order valence-corrected chi connectivity index (χ1v) is 9.21. The van der Waals surface area contributed by atoms with Crippen LogP contribution in [0.25, 0.3) is 22.0 Å². The van der Waals surface area contributed by atoms with E-state index in [1.807, 2.05) is 42.5 Å². The highest BCUT2D eigenvalue weighted by atomic mass is 35.5. The van der Waals surface area contributed by atoms with Crippen LogP contribution in [0.2, 0.25) is 5.02 Å². The number of piperazine rings is 1. The third-order valence-electron chi connectivity index (χ3n) is 4.85. The van der Waals surface area contributed by atoms with E-state index in [4.69, 9.17) is 11.6 Å². The molecule has 2 aromatic carbocycles. The van der Waals surface area contributed by atoms with Gasteiger partial charge in [0.05, 0.1) is 5.52 Å². The summed E-state index contributed by atoms with van der Waals surface area (Å²) in [4.78, 5) is 24.7. The maximum Gasteiger partial charge on any atom is 0.246 e. The van der Waals surface area contributed by atoms with Crippen molar-refractivity contribution in [2.24, 2.45) is 0 Å². The van der Waals surface area contributed by atoms with E-state index in [1.54, 1.807) is 11.2 Å². The van der Waals surface area contributed by atoms with Gasteiger partial charge < -0.3 is 9.80 Å². The molecule has 0 aliphatic carbocycles. The van der Waals surface area contributed by atoms with Gasteiger partial charge in [0.15, 0.2) is 0 Å². The average molecular weight is 379 g/mol. The van der Waals surface area contributed by atoms with Crippen molar-refractivity contribution in [3.63, 3.8) is 0 Å². The van der Waals surface area contributed by atoms with Crippen LogP contribution in [0, 0.1) is 0 Å². The zero-order chi connectivity index (χ0) is 18.8. The first kappa shape index (κ1) is 17.5. The molecule has 4 rings (SSSR count). The lowest BCUT2D eigenvalue weighted by atomic mass is 10.0. The molecule has 136 valence electrons. The first-order chi connectivity index (χ1) is 13.2. The Kier molecular flexibility index (Phi) is 4.77. The minimum absolute atomic E-state index is 0.0299. The molecule has 27 heavy (non-hydrogen) atoms. The Morgan fingerprint density at radius 2 is 1.81 bits per heavy atom. The predicted molar refractivity (Wildman–Crippen MR) is 109 cm³/mol. The number of rotatable bonds is 3. The number of anilines is 1.